The van der Waals surface area contributed by atoms with E-state index in [9.17, 15) is 18.0 Å². The van der Waals surface area contributed by atoms with E-state index in [1.54, 1.807) is 6.07 Å². The molecule has 0 aliphatic rings. The summed E-state index contributed by atoms with van der Waals surface area (Å²) in [6.45, 7) is -0.0368. The quantitative estimate of drug-likeness (QED) is 0.795. The van der Waals surface area contributed by atoms with Crippen LogP contribution in [0.1, 0.15) is 21.4 Å². The van der Waals surface area contributed by atoms with Gasteiger partial charge in [-0.1, -0.05) is 11.3 Å². The molecule has 3 aromatic heterocycles. The summed E-state index contributed by atoms with van der Waals surface area (Å²) in [5.41, 5.74) is 0. The van der Waals surface area contributed by atoms with Crippen LogP contribution in [0.5, 0.6) is 0 Å². The highest BCUT2D eigenvalue weighted by Crippen LogP contribution is 2.28. The van der Waals surface area contributed by atoms with Crippen LogP contribution in [-0.4, -0.2) is 25.7 Å². The minimum absolute atomic E-state index is 0.00423. The molecule has 0 saturated heterocycles. The largest absolute Gasteiger partial charge is 0.459 e. The molecule has 0 aliphatic heterocycles. The monoisotopic (exact) mass is 317 g/mol. The molecule has 11 heteroatoms. The Balaban J connectivity index is 1.76. The maximum atomic E-state index is 12.6. The van der Waals surface area contributed by atoms with Crippen molar-refractivity contribution in [1.82, 2.24) is 25.1 Å². The van der Waals surface area contributed by atoms with Gasteiger partial charge in [-0.05, 0) is 12.1 Å². The molecule has 3 rings (SSSR count). The van der Waals surface area contributed by atoms with Crippen LogP contribution in [0.15, 0.2) is 22.8 Å². The van der Waals surface area contributed by atoms with E-state index in [1.165, 1.54) is 12.3 Å². The van der Waals surface area contributed by atoms with Crippen molar-refractivity contribution in [3.05, 3.63) is 35.0 Å². The van der Waals surface area contributed by atoms with E-state index in [0.29, 0.717) is 4.52 Å². The van der Waals surface area contributed by atoms with E-state index in [4.69, 9.17) is 4.42 Å². The molecule has 3 heterocycles. The topological polar surface area (TPSA) is 85.3 Å². The van der Waals surface area contributed by atoms with Crippen LogP contribution in [0, 0.1) is 0 Å². The average molecular weight is 317 g/mol. The molecule has 0 bridgehead atoms. The number of fused-ring (bicyclic) bond motifs is 1. The summed E-state index contributed by atoms with van der Waals surface area (Å²) in [5, 5.41) is 12.9. The summed E-state index contributed by atoms with van der Waals surface area (Å²) in [7, 11) is 0. The van der Waals surface area contributed by atoms with Gasteiger partial charge in [0.1, 0.15) is 5.01 Å². The molecule has 0 radical (unpaired) electrons. The molecule has 110 valence electrons. The molecule has 0 atom stereocenters. The number of hydrogen-bond donors (Lipinski definition) is 1. The van der Waals surface area contributed by atoms with Gasteiger partial charge in [0.25, 0.3) is 11.7 Å². The van der Waals surface area contributed by atoms with Crippen LogP contribution >= 0.6 is 11.3 Å². The molecule has 3 aromatic rings. The third-order valence-corrected chi connectivity index (χ3v) is 3.33. The minimum atomic E-state index is -4.64. The van der Waals surface area contributed by atoms with Gasteiger partial charge < -0.3 is 9.73 Å². The molecule has 0 saturated carbocycles. The van der Waals surface area contributed by atoms with Gasteiger partial charge in [-0.25, -0.2) is 0 Å². The first kappa shape index (κ1) is 13.5. The van der Waals surface area contributed by atoms with Gasteiger partial charge >= 0.3 is 6.18 Å². The molecule has 1 amide bonds. The Labute approximate surface area is 118 Å². The lowest BCUT2D eigenvalue weighted by molar-refractivity contribution is -0.146. The lowest BCUT2D eigenvalue weighted by Crippen LogP contribution is -2.22. The minimum Gasteiger partial charge on any atom is -0.459 e. The summed E-state index contributed by atoms with van der Waals surface area (Å²) in [6, 6.07) is 3.02. The first-order chi connectivity index (χ1) is 9.95. The average Bonchev–Trinajstić information content (AvgIpc) is 3.09. The van der Waals surface area contributed by atoms with E-state index in [1.807, 2.05) is 0 Å². The number of amides is 1. The standard InChI is InChI=1S/C10H6F3N5O2S/c11-10(12,13)8-15-16-9-18(8)17-6(21-9)4-14-7(19)5-2-1-3-20-5/h1-3H,4H2,(H,14,19). The SMILES string of the molecule is O=C(NCc1nn2c(C(F)(F)F)nnc2s1)c1ccco1. The Morgan fingerprint density at radius 1 is 1.43 bits per heavy atom. The summed E-state index contributed by atoms with van der Waals surface area (Å²) in [6.07, 6.45) is -3.30. The highest BCUT2D eigenvalue weighted by Gasteiger charge is 2.38. The van der Waals surface area contributed by atoms with Crippen LogP contribution in [0.4, 0.5) is 13.2 Å². The Morgan fingerprint density at radius 3 is 2.90 bits per heavy atom. The summed E-state index contributed by atoms with van der Waals surface area (Å²) < 4.78 is 43.4. The van der Waals surface area contributed by atoms with Gasteiger partial charge in [-0.15, -0.1) is 10.2 Å². The zero-order valence-electron chi connectivity index (χ0n) is 10.1. The van der Waals surface area contributed by atoms with E-state index in [-0.39, 0.29) is 22.3 Å². The van der Waals surface area contributed by atoms with Crippen molar-refractivity contribution in [2.75, 3.05) is 0 Å². The highest BCUT2D eigenvalue weighted by atomic mass is 32.1. The number of carbonyl (C=O) groups is 1. The predicted molar refractivity (Wildman–Crippen MR) is 63.5 cm³/mol. The third-order valence-electron chi connectivity index (χ3n) is 2.43. The predicted octanol–water partition coefficient (Wildman–Crippen LogP) is 1.73. The van der Waals surface area contributed by atoms with Gasteiger partial charge in [0.2, 0.25) is 4.96 Å². The zero-order chi connectivity index (χ0) is 15.0. The van der Waals surface area contributed by atoms with Gasteiger partial charge in [0.15, 0.2) is 5.76 Å². The smallest absolute Gasteiger partial charge is 0.453 e. The third kappa shape index (κ3) is 2.59. The van der Waals surface area contributed by atoms with Crippen LogP contribution in [-0.2, 0) is 12.7 Å². The molecule has 0 aliphatic carbocycles. The number of rotatable bonds is 3. The first-order valence-electron chi connectivity index (χ1n) is 5.55. The van der Waals surface area contributed by atoms with Crippen molar-refractivity contribution in [2.24, 2.45) is 0 Å². The molecule has 0 aromatic carbocycles. The zero-order valence-corrected chi connectivity index (χ0v) is 10.9. The number of halogens is 3. The maximum absolute atomic E-state index is 12.6. The lowest BCUT2D eigenvalue weighted by atomic mass is 10.4. The number of nitrogens with one attached hydrogen (secondary N) is 1. The van der Waals surface area contributed by atoms with Crippen molar-refractivity contribution in [3.63, 3.8) is 0 Å². The molecular formula is C10H6F3N5O2S. The number of furan rings is 1. The second-order valence-corrected chi connectivity index (χ2v) is 4.91. The Morgan fingerprint density at radius 2 is 2.24 bits per heavy atom. The van der Waals surface area contributed by atoms with Gasteiger partial charge in [0.05, 0.1) is 12.8 Å². The van der Waals surface area contributed by atoms with Crippen molar-refractivity contribution in [1.29, 1.82) is 0 Å². The highest BCUT2D eigenvalue weighted by molar-refractivity contribution is 7.16. The van der Waals surface area contributed by atoms with Crippen molar-refractivity contribution >= 4 is 22.2 Å². The first-order valence-corrected chi connectivity index (χ1v) is 6.37. The Kier molecular flexibility index (Phi) is 3.12. The molecule has 1 N–H and O–H groups in total. The van der Waals surface area contributed by atoms with Gasteiger partial charge in [0, 0.05) is 0 Å². The van der Waals surface area contributed by atoms with Crippen molar-refractivity contribution in [3.8, 4) is 0 Å². The number of nitrogens with zero attached hydrogens (tertiary/aromatic N) is 4. The number of carbonyl (C=O) groups excluding carboxylic acids is 1. The van der Waals surface area contributed by atoms with Crippen LogP contribution < -0.4 is 5.32 Å². The molecule has 0 spiro atoms. The van der Waals surface area contributed by atoms with Crippen molar-refractivity contribution in [2.45, 2.75) is 12.7 Å². The van der Waals surface area contributed by atoms with Crippen LogP contribution in [0.2, 0.25) is 0 Å². The van der Waals surface area contributed by atoms with E-state index >= 15 is 0 Å². The summed E-state index contributed by atoms with van der Waals surface area (Å²) in [4.78, 5) is 11.6. The fourth-order valence-electron chi connectivity index (χ4n) is 1.56. The Bertz CT molecular complexity index is 776. The lowest BCUT2D eigenvalue weighted by Gasteiger charge is -2.01. The molecular weight excluding hydrogens is 311 g/mol. The maximum Gasteiger partial charge on any atom is 0.453 e. The number of aromatic nitrogens is 4. The van der Waals surface area contributed by atoms with E-state index in [0.717, 1.165) is 11.3 Å². The number of alkyl halides is 3. The van der Waals surface area contributed by atoms with Crippen molar-refractivity contribution < 1.29 is 22.4 Å². The van der Waals surface area contributed by atoms with Gasteiger partial charge in [-0.3, -0.25) is 4.79 Å². The summed E-state index contributed by atoms with van der Waals surface area (Å²) in [5.74, 6) is -1.58. The van der Waals surface area contributed by atoms with Crippen LogP contribution in [0.3, 0.4) is 0 Å². The molecule has 7 nitrogen and oxygen atoms in total. The molecule has 0 fully saturated rings. The molecule has 0 unspecified atom stereocenters. The van der Waals surface area contributed by atoms with Gasteiger partial charge in [-0.2, -0.15) is 22.8 Å². The fourth-order valence-corrected chi connectivity index (χ4v) is 2.33. The van der Waals surface area contributed by atoms with E-state index < -0.39 is 17.9 Å². The Hall–Kier alpha value is -2.43. The van der Waals surface area contributed by atoms with E-state index in [2.05, 4.69) is 20.6 Å². The van der Waals surface area contributed by atoms with Crippen LogP contribution in [0.25, 0.3) is 4.96 Å². The molecule has 21 heavy (non-hydrogen) atoms. The number of hydrogen-bond acceptors (Lipinski definition) is 6. The summed E-state index contributed by atoms with van der Waals surface area (Å²) >= 11 is 0.906. The second-order valence-electron chi connectivity index (χ2n) is 3.87. The normalized spacial score (nSPS) is 12.0. The fraction of sp³-hybridized carbons (Fsp3) is 0.200. The second kappa shape index (κ2) is 4.84.